The van der Waals surface area contributed by atoms with Crippen LogP contribution in [-0.2, 0) is 17.5 Å². The first-order valence-electron chi connectivity index (χ1n) is 9.57. The molecule has 0 aliphatic rings. The van der Waals surface area contributed by atoms with E-state index in [4.69, 9.17) is 4.74 Å². The topological polar surface area (TPSA) is 54.5 Å². The van der Waals surface area contributed by atoms with Crippen molar-refractivity contribution in [2.24, 2.45) is 0 Å². The van der Waals surface area contributed by atoms with Crippen LogP contribution < -0.4 is 10.1 Å². The highest BCUT2D eigenvalue weighted by atomic mass is 32.1. The van der Waals surface area contributed by atoms with Gasteiger partial charge in [0.1, 0.15) is 10.8 Å². The Kier molecular flexibility index (Phi) is 7.29. The number of hydrogen-bond acceptors (Lipinski definition) is 5. The average Bonchev–Trinajstić information content (AvgIpc) is 3.21. The van der Waals surface area contributed by atoms with E-state index in [1.165, 1.54) is 23.5 Å². The Bertz CT molecular complexity index is 1020. The summed E-state index contributed by atoms with van der Waals surface area (Å²) in [7, 11) is 1.54. The molecule has 1 N–H and O–H groups in total. The monoisotopic (exact) mass is 449 g/mol. The largest absolute Gasteiger partial charge is 0.495 e. The second-order valence-corrected chi connectivity index (χ2v) is 7.63. The molecule has 0 saturated heterocycles. The third-order valence-corrected chi connectivity index (χ3v) is 5.53. The van der Waals surface area contributed by atoms with E-state index in [1.807, 2.05) is 29.3 Å². The Morgan fingerprint density at radius 2 is 1.87 bits per heavy atom. The second kappa shape index (κ2) is 9.93. The van der Waals surface area contributed by atoms with E-state index in [1.54, 1.807) is 19.2 Å². The van der Waals surface area contributed by atoms with Crippen LogP contribution >= 0.6 is 11.3 Å². The van der Waals surface area contributed by atoms with E-state index < -0.39 is 11.7 Å². The fourth-order valence-electron chi connectivity index (χ4n) is 2.96. The van der Waals surface area contributed by atoms with Crippen LogP contribution in [-0.4, -0.2) is 36.0 Å². The van der Waals surface area contributed by atoms with Crippen molar-refractivity contribution in [3.8, 4) is 16.3 Å². The maximum atomic E-state index is 12.7. The fraction of sp³-hybridized carbons (Fsp3) is 0.273. The van der Waals surface area contributed by atoms with Crippen molar-refractivity contribution in [2.45, 2.75) is 19.6 Å². The average molecular weight is 449 g/mol. The maximum Gasteiger partial charge on any atom is 0.416 e. The summed E-state index contributed by atoms with van der Waals surface area (Å²) < 4.78 is 43.4. The molecule has 1 heterocycles. The minimum atomic E-state index is -4.36. The number of para-hydroxylation sites is 2. The molecule has 0 bridgehead atoms. The van der Waals surface area contributed by atoms with Gasteiger partial charge in [0.05, 0.1) is 30.6 Å². The van der Waals surface area contributed by atoms with Gasteiger partial charge in [-0.1, -0.05) is 31.2 Å². The Morgan fingerprint density at radius 1 is 1.16 bits per heavy atom. The molecule has 1 amide bonds. The van der Waals surface area contributed by atoms with E-state index in [0.29, 0.717) is 35.1 Å². The standard InChI is InChI=1S/C22H22F3N3O2S/c1-3-28(13-20(29)27-18-6-4-5-7-19(18)30-2)12-17-14-31-21(26-17)15-8-10-16(11-9-15)22(23,24)25/h4-11,14H,3,12-13H2,1-2H3,(H,27,29). The molecule has 0 aliphatic carbocycles. The van der Waals surface area contributed by atoms with Gasteiger partial charge in [-0.2, -0.15) is 13.2 Å². The van der Waals surface area contributed by atoms with Gasteiger partial charge in [-0.3, -0.25) is 9.69 Å². The van der Waals surface area contributed by atoms with Crippen molar-refractivity contribution >= 4 is 22.9 Å². The Morgan fingerprint density at radius 3 is 2.52 bits per heavy atom. The van der Waals surface area contributed by atoms with Crippen LogP contribution in [0.3, 0.4) is 0 Å². The number of rotatable bonds is 8. The number of alkyl halides is 3. The zero-order valence-corrected chi connectivity index (χ0v) is 17.9. The number of anilines is 1. The Labute approximate surface area is 182 Å². The number of likely N-dealkylation sites (N-methyl/N-ethyl adjacent to an activating group) is 1. The van der Waals surface area contributed by atoms with Gasteiger partial charge < -0.3 is 10.1 Å². The lowest BCUT2D eigenvalue weighted by Gasteiger charge is -2.19. The molecule has 3 aromatic rings. The summed E-state index contributed by atoms with van der Waals surface area (Å²) in [5, 5.41) is 5.34. The zero-order valence-electron chi connectivity index (χ0n) is 17.1. The highest BCUT2D eigenvalue weighted by Gasteiger charge is 2.30. The number of thiazole rings is 1. The lowest BCUT2D eigenvalue weighted by molar-refractivity contribution is -0.137. The molecule has 5 nitrogen and oxygen atoms in total. The van der Waals surface area contributed by atoms with E-state index in [-0.39, 0.29) is 12.5 Å². The van der Waals surface area contributed by atoms with Crippen LogP contribution in [0.2, 0.25) is 0 Å². The Balaban J connectivity index is 1.62. The lowest BCUT2D eigenvalue weighted by atomic mass is 10.1. The first-order valence-corrected chi connectivity index (χ1v) is 10.5. The number of carbonyl (C=O) groups is 1. The van der Waals surface area contributed by atoms with Crippen molar-refractivity contribution in [3.63, 3.8) is 0 Å². The van der Waals surface area contributed by atoms with Gasteiger partial charge in [0.25, 0.3) is 0 Å². The third-order valence-electron chi connectivity index (χ3n) is 4.59. The predicted octanol–water partition coefficient (Wildman–Crippen LogP) is 5.30. The van der Waals surface area contributed by atoms with Crippen LogP contribution in [0.15, 0.2) is 53.9 Å². The molecule has 0 saturated carbocycles. The molecule has 31 heavy (non-hydrogen) atoms. The van der Waals surface area contributed by atoms with Gasteiger partial charge in [0.15, 0.2) is 0 Å². The number of amides is 1. The fourth-order valence-corrected chi connectivity index (χ4v) is 3.78. The quantitative estimate of drug-likeness (QED) is 0.507. The molecular formula is C22H22F3N3O2S. The van der Waals surface area contributed by atoms with Crippen molar-refractivity contribution in [1.29, 1.82) is 0 Å². The van der Waals surface area contributed by atoms with Crippen molar-refractivity contribution in [3.05, 3.63) is 65.2 Å². The lowest BCUT2D eigenvalue weighted by Crippen LogP contribution is -2.32. The van der Waals surface area contributed by atoms with Gasteiger partial charge in [-0.15, -0.1) is 11.3 Å². The minimum absolute atomic E-state index is 0.168. The van der Waals surface area contributed by atoms with Crippen LogP contribution in [0.25, 0.3) is 10.6 Å². The Hall–Kier alpha value is -2.91. The normalized spacial score (nSPS) is 11.5. The van der Waals surface area contributed by atoms with Gasteiger partial charge in [0, 0.05) is 17.5 Å². The molecule has 0 aliphatic heterocycles. The molecule has 164 valence electrons. The first kappa shape index (κ1) is 22.8. The molecule has 0 fully saturated rings. The number of hydrogen-bond donors (Lipinski definition) is 1. The van der Waals surface area contributed by atoms with Crippen LogP contribution in [0.4, 0.5) is 18.9 Å². The molecule has 0 radical (unpaired) electrons. The van der Waals surface area contributed by atoms with Crippen molar-refractivity contribution in [1.82, 2.24) is 9.88 Å². The summed E-state index contributed by atoms with van der Waals surface area (Å²) in [5.74, 6) is 0.407. The smallest absolute Gasteiger partial charge is 0.416 e. The number of ether oxygens (including phenoxy) is 1. The summed E-state index contributed by atoms with van der Waals surface area (Å²) in [6, 6.07) is 12.1. The molecule has 0 unspecified atom stereocenters. The maximum absolute atomic E-state index is 12.7. The highest BCUT2D eigenvalue weighted by Crippen LogP contribution is 2.32. The molecule has 0 atom stereocenters. The molecule has 2 aromatic carbocycles. The van der Waals surface area contributed by atoms with Crippen LogP contribution in [0.5, 0.6) is 5.75 Å². The molecule has 9 heteroatoms. The summed E-state index contributed by atoms with van der Waals surface area (Å²) in [4.78, 5) is 18.9. The predicted molar refractivity (Wildman–Crippen MR) is 115 cm³/mol. The van der Waals surface area contributed by atoms with E-state index in [2.05, 4.69) is 10.3 Å². The molecular weight excluding hydrogens is 427 g/mol. The number of methoxy groups -OCH3 is 1. The summed E-state index contributed by atoms with van der Waals surface area (Å²) in [6.07, 6.45) is -4.36. The molecule has 0 spiro atoms. The number of nitrogens with zero attached hydrogens (tertiary/aromatic N) is 2. The van der Waals surface area contributed by atoms with E-state index in [9.17, 15) is 18.0 Å². The minimum Gasteiger partial charge on any atom is -0.495 e. The van der Waals surface area contributed by atoms with Gasteiger partial charge in [-0.05, 0) is 30.8 Å². The van der Waals surface area contributed by atoms with Crippen molar-refractivity contribution < 1.29 is 22.7 Å². The first-order chi connectivity index (χ1) is 14.8. The van der Waals surface area contributed by atoms with Gasteiger partial charge in [-0.25, -0.2) is 4.98 Å². The number of aromatic nitrogens is 1. The number of nitrogens with one attached hydrogen (secondary N) is 1. The zero-order chi connectivity index (χ0) is 22.4. The molecule has 3 rings (SSSR count). The summed E-state index contributed by atoms with van der Waals surface area (Å²) in [6.45, 7) is 3.20. The van der Waals surface area contributed by atoms with Crippen LogP contribution in [0.1, 0.15) is 18.2 Å². The van der Waals surface area contributed by atoms with Gasteiger partial charge in [0.2, 0.25) is 5.91 Å². The third kappa shape index (κ3) is 6.05. The highest BCUT2D eigenvalue weighted by molar-refractivity contribution is 7.13. The van der Waals surface area contributed by atoms with Crippen molar-refractivity contribution in [2.75, 3.05) is 25.5 Å². The number of benzene rings is 2. The van der Waals surface area contributed by atoms with E-state index >= 15 is 0 Å². The summed E-state index contributed by atoms with van der Waals surface area (Å²) in [5.41, 5.74) is 1.30. The second-order valence-electron chi connectivity index (χ2n) is 6.77. The number of carbonyl (C=O) groups excluding carboxylic acids is 1. The van der Waals surface area contributed by atoms with Crippen LogP contribution in [0, 0.1) is 0 Å². The summed E-state index contributed by atoms with van der Waals surface area (Å²) >= 11 is 1.36. The molecule has 1 aromatic heterocycles. The SMILES string of the molecule is CCN(CC(=O)Nc1ccccc1OC)Cc1csc(-c2ccc(C(F)(F)F)cc2)n1. The van der Waals surface area contributed by atoms with E-state index in [0.717, 1.165) is 17.8 Å². The number of halogens is 3. The van der Waals surface area contributed by atoms with Gasteiger partial charge >= 0.3 is 6.18 Å².